The lowest BCUT2D eigenvalue weighted by Crippen LogP contribution is -2.85. The molecule has 1 aliphatic rings. The van der Waals surface area contributed by atoms with Crippen LogP contribution in [0.4, 0.5) is 0 Å². The number of carbonyl (C=O) groups is 2. The van der Waals surface area contributed by atoms with Gasteiger partial charge in [0.2, 0.25) is 0 Å². The van der Waals surface area contributed by atoms with Crippen molar-refractivity contribution in [3.05, 3.63) is 65.1 Å². The van der Waals surface area contributed by atoms with Gasteiger partial charge in [0.15, 0.2) is 0 Å². The molecule has 0 saturated carbocycles. The molecule has 2 aromatic heterocycles. The number of amides is 2. The Bertz CT molecular complexity index is 1330. The molecule has 0 radical (unpaired) electrons. The second-order valence-corrected chi connectivity index (χ2v) is 12.3. The highest BCUT2D eigenvalue weighted by Gasteiger charge is 2.66. The number of pyridine rings is 1. The summed E-state index contributed by atoms with van der Waals surface area (Å²) in [5, 5.41) is 0.944. The Labute approximate surface area is 215 Å². The largest absolute Gasteiger partial charge is 0.348 e. The van der Waals surface area contributed by atoms with Crippen LogP contribution in [0, 0.1) is 13.8 Å². The van der Waals surface area contributed by atoms with Crippen LogP contribution in [-0.4, -0.2) is 53.3 Å². The topological polar surface area (TPSA) is 58.4 Å². The summed E-state index contributed by atoms with van der Waals surface area (Å²) in [7, 11) is 1.97. The molecule has 36 heavy (non-hydrogen) atoms. The van der Waals surface area contributed by atoms with Crippen LogP contribution in [0.25, 0.3) is 10.9 Å². The Hall–Kier alpha value is -3.15. The van der Waals surface area contributed by atoms with E-state index in [0.29, 0.717) is 11.1 Å². The summed E-state index contributed by atoms with van der Waals surface area (Å²) in [6, 6.07) is 9.43. The van der Waals surface area contributed by atoms with Crippen molar-refractivity contribution in [1.29, 1.82) is 0 Å². The lowest BCUT2D eigenvalue weighted by molar-refractivity contribution is -0.170. The summed E-state index contributed by atoms with van der Waals surface area (Å²) < 4.78 is 2.00. The van der Waals surface area contributed by atoms with Crippen molar-refractivity contribution in [3.8, 4) is 0 Å². The number of fused-ring (bicyclic) bond motifs is 1. The Kier molecular flexibility index (Phi) is 5.71. The highest BCUT2D eigenvalue weighted by atomic mass is 16.2. The maximum atomic E-state index is 14.6. The molecular formula is C30H40N4O2. The van der Waals surface area contributed by atoms with E-state index in [2.05, 4.69) is 60.4 Å². The van der Waals surface area contributed by atoms with Gasteiger partial charge in [-0.15, -0.1) is 0 Å². The first-order chi connectivity index (χ1) is 16.5. The number of aromatic nitrogens is 2. The van der Waals surface area contributed by atoms with Crippen LogP contribution in [0.3, 0.4) is 0 Å². The van der Waals surface area contributed by atoms with Crippen molar-refractivity contribution in [2.24, 2.45) is 7.05 Å². The van der Waals surface area contributed by atoms with Gasteiger partial charge in [-0.25, -0.2) is 0 Å². The second-order valence-electron chi connectivity index (χ2n) is 12.3. The van der Waals surface area contributed by atoms with E-state index in [1.807, 2.05) is 78.0 Å². The van der Waals surface area contributed by atoms with Crippen LogP contribution in [0.2, 0.25) is 0 Å². The number of nitrogens with zero attached hydrogens (tertiary/aromatic N) is 4. The van der Waals surface area contributed by atoms with Crippen molar-refractivity contribution < 1.29 is 9.59 Å². The van der Waals surface area contributed by atoms with Gasteiger partial charge >= 0.3 is 0 Å². The summed E-state index contributed by atoms with van der Waals surface area (Å²) in [4.78, 5) is 37.2. The first-order valence-electron chi connectivity index (χ1n) is 12.6. The fourth-order valence-corrected chi connectivity index (χ4v) is 6.28. The predicted molar refractivity (Wildman–Crippen MR) is 145 cm³/mol. The monoisotopic (exact) mass is 488 g/mol. The summed E-state index contributed by atoms with van der Waals surface area (Å²) >= 11 is 0. The van der Waals surface area contributed by atoms with Gasteiger partial charge in [-0.2, -0.15) is 0 Å². The lowest BCUT2D eigenvalue weighted by atomic mass is 9.64. The maximum absolute atomic E-state index is 14.6. The first-order valence-corrected chi connectivity index (χ1v) is 12.6. The molecule has 0 bridgehead atoms. The summed E-state index contributed by atoms with van der Waals surface area (Å²) in [6.07, 6.45) is 3.78. The van der Waals surface area contributed by atoms with Crippen molar-refractivity contribution in [1.82, 2.24) is 19.4 Å². The molecule has 1 fully saturated rings. The fourth-order valence-electron chi connectivity index (χ4n) is 6.28. The van der Waals surface area contributed by atoms with E-state index in [9.17, 15) is 9.59 Å². The molecule has 0 spiro atoms. The third-order valence-electron chi connectivity index (χ3n) is 9.26. The Morgan fingerprint density at radius 3 is 1.72 bits per heavy atom. The molecule has 1 aromatic carbocycles. The van der Waals surface area contributed by atoms with Crippen molar-refractivity contribution in [2.45, 2.75) is 91.4 Å². The van der Waals surface area contributed by atoms with Crippen LogP contribution < -0.4 is 0 Å². The SMILES string of the molecule is Cc1cnc(C)c2c1c(C(=O)N1C(C)(C)C(C)(C)N(C(=O)c3ccccc3)C(C)(C)C1(C)C)cn2C. The van der Waals surface area contributed by atoms with E-state index < -0.39 is 22.2 Å². The third-order valence-corrected chi connectivity index (χ3v) is 9.26. The Morgan fingerprint density at radius 2 is 1.22 bits per heavy atom. The van der Waals surface area contributed by atoms with Gasteiger partial charge in [-0.3, -0.25) is 14.6 Å². The van der Waals surface area contributed by atoms with Crippen LogP contribution in [-0.2, 0) is 7.05 Å². The first kappa shape index (κ1) is 25.9. The minimum absolute atomic E-state index is 0.0263. The molecule has 0 N–H and O–H groups in total. The van der Waals surface area contributed by atoms with Crippen LogP contribution in [0.15, 0.2) is 42.7 Å². The molecule has 6 nitrogen and oxygen atoms in total. The quantitative estimate of drug-likeness (QED) is 0.451. The standard InChI is InChI=1S/C30H40N4O2/c1-19-17-31-20(2)24-23(19)22(18-32(24)11)26(36)34-29(7,8)27(3,4)33(28(5,6)30(34,9)10)25(35)21-15-13-12-14-16-21/h12-18H,1-11H3. The van der Waals surface area contributed by atoms with E-state index in [1.165, 1.54) is 0 Å². The highest BCUT2D eigenvalue weighted by molar-refractivity contribution is 6.09. The molecule has 6 heteroatoms. The van der Waals surface area contributed by atoms with Crippen LogP contribution >= 0.6 is 0 Å². The molecule has 192 valence electrons. The molecule has 1 aliphatic heterocycles. The summed E-state index contributed by atoms with van der Waals surface area (Å²) in [5.41, 5.74) is 1.45. The molecule has 3 aromatic rings. The van der Waals surface area contributed by atoms with Crippen molar-refractivity contribution in [3.63, 3.8) is 0 Å². The normalized spacial score (nSPS) is 20.0. The van der Waals surface area contributed by atoms with Crippen LogP contribution in [0.5, 0.6) is 0 Å². The van der Waals surface area contributed by atoms with Gasteiger partial charge in [-0.1, -0.05) is 18.2 Å². The molecule has 0 aliphatic carbocycles. The van der Waals surface area contributed by atoms with E-state index in [0.717, 1.165) is 22.2 Å². The lowest BCUT2D eigenvalue weighted by Gasteiger charge is -2.71. The van der Waals surface area contributed by atoms with E-state index >= 15 is 0 Å². The zero-order chi connectivity index (χ0) is 27.0. The number of rotatable bonds is 2. The number of carbonyl (C=O) groups excluding carboxylic acids is 2. The van der Waals surface area contributed by atoms with Crippen molar-refractivity contribution >= 4 is 22.7 Å². The molecule has 3 heterocycles. The number of hydrogen-bond donors (Lipinski definition) is 0. The minimum atomic E-state index is -0.689. The third kappa shape index (κ3) is 3.26. The number of piperazine rings is 1. The van der Waals surface area contributed by atoms with Gasteiger partial charge in [0.1, 0.15) is 0 Å². The van der Waals surface area contributed by atoms with E-state index in [-0.39, 0.29) is 11.8 Å². The molecule has 0 unspecified atom stereocenters. The van der Waals surface area contributed by atoms with Gasteiger partial charge < -0.3 is 14.4 Å². The average molecular weight is 489 g/mol. The number of benzene rings is 1. The smallest absolute Gasteiger partial charge is 0.257 e. The van der Waals surface area contributed by atoms with Gasteiger partial charge in [0.25, 0.3) is 11.8 Å². The van der Waals surface area contributed by atoms with Crippen LogP contribution in [0.1, 0.15) is 87.4 Å². The summed E-state index contributed by atoms with van der Waals surface area (Å²) in [5.74, 6) is -0.0567. The Balaban J connectivity index is 1.93. The molecule has 1 saturated heterocycles. The van der Waals surface area contributed by atoms with Gasteiger partial charge in [-0.05, 0) is 86.9 Å². The Morgan fingerprint density at radius 1 is 0.750 bits per heavy atom. The maximum Gasteiger partial charge on any atom is 0.257 e. The molecule has 2 amide bonds. The minimum Gasteiger partial charge on any atom is -0.348 e. The zero-order valence-corrected chi connectivity index (χ0v) is 23.6. The van der Waals surface area contributed by atoms with E-state index in [1.54, 1.807) is 0 Å². The molecule has 0 atom stereocenters. The molecular weight excluding hydrogens is 448 g/mol. The average Bonchev–Trinajstić information content (AvgIpc) is 3.14. The fraction of sp³-hybridized carbons (Fsp3) is 0.500. The number of hydrogen-bond acceptors (Lipinski definition) is 3. The predicted octanol–water partition coefficient (Wildman–Crippen LogP) is 5.90. The van der Waals surface area contributed by atoms with Gasteiger partial charge in [0.05, 0.1) is 38.9 Å². The zero-order valence-electron chi connectivity index (χ0n) is 23.6. The van der Waals surface area contributed by atoms with E-state index in [4.69, 9.17) is 0 Å². The van der Waals surface area contributed by atoms with Crippen molar-refractivity contribution in [2.75, 3.05) is 0 Å². The highest BCUT2D eigenvalue weighted by Crippen LogP contribution is 2.52. The van der Waals surface area contributed by atoms with Gasteiger partial charge in [0, 0.05) is 30.4 Å². The second kappa shape index (κ2) is 7.92. The molecule has 4 rings (SSSR count). The summed E-state index contributed by atoms with van der Waals surface area (Å²) in [6.45, 7) is 20.6. The number of aryl methyl sites for hydroxylation is 3.